The van der Waals surface area contributed by atoms with Crippen molar-refractivity contribution in [3.63, 3.8) is 0 Å². The largest absolute Gasteiger partial charge is 0.478 e. The molecule has 2 atom stereocenters. The van der Waals surface area contributed by atoms with Gasteiger partial charge in [0.2, 0.25) is 17.7 Å². The molecule has 0 spiro atoms. The topological polar surface area (TPSA) is 58.6 Å². The second-order valence-electron chi connectivity index (χ2n) is 6.21. The van der Waals surface area contributed by atoms with Gasteiger partial charge in [-0.1, -0.05) is 6.92 Å². The number of amides is 1. The first-order valence-corrected chi connectivity index (χ1v) is 8.10. The molecule has 0 aromatic carbocycles. The van der Waals surface area contributed by atoms with E-state index in [1.165, 1.54) is 0 Å². The Labute approximate surface area is 131 Å². The molecular formula is C16H24N4O2. The van der Waals surface area contributed by atoms with Crippen LogP contribution in [0.2, 0.25) is 0 Å². The van der Waals surface area contributed by atoms with Crippen molar-refractivity contribution in [1.82, 2.24) is 14.9 Å². The van der Waals surface area contributed by atoms with Crippen molar-refractivity contribution in [3.05, 3.63) is 11.8 Å². The van der Waals surface area contributed by atoms with Crippen LogP contribution >= 0.6 is 0 Å². The third kappa shape index (κ3) is 3.15. The van der Waals surface area contributed by atoms with Gasteiger partial charge in [0.1, 0.15) is 0 Å². The van der Waals surface area contributed by atoms with Crippen molar-refractivity contribution in [2.75, 3.05) is 37.7 Å². The lowest BCUT2D eigenvalue weighted by molar-refractivity contribution is -0.133. The van der Waals surface area contributed by atoms with E-state index in [0.29, 0.717) is 30.3 Å². The second kappa shape index (κ2) is 6.10. The van der Waals surface area contributed by atoms with Crippen molar-refractivity contribution >= 4 is 11.9 Å². The highest BCUT2D eigenvalue weighted by Gasteiger charge is 2.42. The van der Waals surface area contributed by atoms with Crippen LogP contribution < -0.4 is 9.64 Å². The number of carbonyl (C=O) groups excluding carboxylic acids is 1. The summed E-state index contributed by atoms with van der Waals surface area (Å²) in [7, 11) is 0. The Morgan fingerprint density at radius 2 is 2.00 bits per heavy atom. The van der Waals surface area contributed by atoms with Crippen molar-refractivity contribution in [2.45, 2.75) is 27.2 Å². The van der Waals surface area contributed by atoms with Crippen LogP contribution in [0.5, 0.6) is 5.88 Å². The highest BCUT2D eigenvalue weighted by atomic mass is 16.5. The number of piperazine rings is 1. The van der Waals surface area contributed by atoms with E-state index in [9.17, 15) is 4.79 Å². The average molecular weight is 304 g/mol. The first-order chi connectivity index (χ1) is 10.6. The van der Waals surface area contributed by atoms with Crippen LogP contribution in [0.3, 0.4) is 0 Å². The molecule has 1 aromatic heterocycles. The number of carbonyl (C=O) groups is 1. The fourth-order valence-electron chi connectivity index (χ4n) is 2.92. The molecule has 2 heterocycles. The van der Waals surface area contributed by atoms with Gasteiger partial charge in [-0.15, -0.1) is 0 Å². The molecule has 2 aliphatic rings. The molecule has 0 bridgehead atoms. The van der Waals surface area contributed by atoms with Gasteiger partial charge in [-0.2, -0.15) is 4.98 Å². The molecule has 1 saturated carbocycles. The summed E-state index contributed by atoms with van der Waals surface area (Å²) in [5.74, 6) is 2.49. The minimum atomic E-state index is 0.270. The minimum absolute atomic E-state index is 0.270. The highest BCUT2D eigenvalue weighted by Crippen LogP contribution is 2.39. The molecule has 1 aromatic rings. The van der Waals surface area contributed by atoms with Crippen LogP contribution in [0.4, 0.5) is 5.95 Å². The molecule has 1 aliphatic carbocycles. The van der Waals surface area contributed by atoms with Crippen LogP contribution in [0.25, 0.3) is 0 Å². The lowest BCUT2D eigenvalue weighted by Crippen LogP contribution is -2.49. The van der Waals surface area contributed by atoms with E-state index in [2.05, 4.69) is 21.8 Å². The van der Waals surface area contributed by atoms with E-state index in [-0.39, 0.29) is 5.92 Å². The fourth-order valence-corrected chi connectivity index (χ4v) is 2.92. The summed E-state index contributed by atoms with van der Waals surface area (Å²) >= 11 is 0. The van der Waals surface area contributed by atoms with E-state index < -0.39 is 0 Å². The average Bonchev–Trinajstić information content (AvgIpc) is 3.23. The van der Waals surface area contributed by atoms with Crippen molar-refractivity contribution in [2.24, 2.45) is 11.8 Å². The zero-order valence-electron chi connectivity index (χ0n) is 13.6. The van der Waals surface area contributed by atoms with Crippen LogP contribution in [0.1, 0.15) is 26.0 Å². The van der Waals surface area contributed by atoms with Gasteiger partial charge in [0.25, 0.3) is 0 Å². The van der Waals surface area contributed by atoms with Gasteiger partial charge in [-0.05, 0) is 26.2 Å². The van der Waals surface area contributed by atoms with Crippen molar-refractivity contribution < 1.29 is 9.53 Å². The summed E-state index contributed by atoms with van der Waals surface area (Å²) in [6.07, 6.45) is 1.05. The standard InChI is InChI=1S/C16H24N4O2/c1-4-22-14-10-12(3)17-16(18-14)20-7-5-19(6-8-20)15(21)13-9-11(13)2/h10-11,13H,4-9H2,1-3H3. The lowest BCUT2D eigenvalue weighted by atomic mass is 10.2. The molecule has 6 heteroatoms. The predicted octanol–water partition coefficient (Wildman–Crippen LogP) is 1.49. The predicted molar refractivity (Wildman–Crippen MR) is 84.0 cm³/mol. The molecule has 0 N–H and O–H groups in total. The molecule has 22 heavy (non-hydrogen) atoms. The van der Waals surface area contributed by atoms with E-state index >= 15 is 0 Å². The number of ether oxygens (including phenoxy) is 1. The molecule has 120 valence electrons. The Kier molecular flexibility index (Phi) is 4.18. The number of rotatable bonds is 4. The Balaban J connectivity index is 1.62. The van der Waals surface area contributed by atoms with Gasteiger partial charge in [-0.3, -0.25) is 4.79 Å². The van der Waals surface area contributed by atoms with E-state index in [0.717, 1.165) is 38.3 Å². The number of aryl methyl sites for hydroxylation is 1. The Morgan fingerprint density at radius 3 is 2.59 bits per heavy atom. The van der Waals surface area contributed by atoms with Crippen molar-refractivity contribution in [1.29, 1.82) is 0 Å². The summed E-state index contributed by atoms with van der Waals surface area (Å²) < 4.78 is 5.49. The summed E-state index contributed by atoms with van der Waals surface area (Å²) in [6, 6.07) is 1.85. The van der Waals surface area contributed by atoms with E-state index in [4.69, 9.17) is 4.74 Å². The molecule has 2 fully saturated rings. The lowest BCUT2D eigenvalue weighted by Gasteiger charge is -2.35. The van der Waals surface area contributed by atoms with Crippen LogP contribution in [0, 0.1) is 18.8 Å². The van der Waals surface area contributed by atoms with Gasteiger partial charge in [0.05, 0.1) is 6.61 Å². The highest BCUT2D eigenvalue weighted by molar-refractivity contribution is 5.81. The molecule has 1 amide bonds. The third-order valence-corrected chi connectivity index (χ3v) is 4.41. The fraction of sp³-hybridized carbons (Fsp3) is 0.688. The van der Waals surface area contributed by atoms with E-state index in [1.807, 2.05) is 24.8 Å². The summed E-state index contributed by atoms with van der Waals surface area (Å²) in [5, 5.41) is 0. The van der Waals surface area contributed by atoms with Crippen LogP contribution in [-0.2, 0) is 4.79 Å². The first kappa shape index (κ1) is 15.1. The van der Waals surface area contributed by atoms with E-state index in [1.54, 1.807) is 0 Å². The smallest absolute Gasteiger partial charge is 0.228 e. The van der Waals surface area contributed by atoms with Gasteiger partial charge in [0.15, 0.2) is 0 Å². The van der Waals surface area contributed by atoms with Crippen LogP contribution in [-0.4, -0.2) is 53.6 Å². The zero-order chi connectivity index (χ0) is 15.7. The maximum Gasteiger partial charge on any atom is 0.228 e. The summed E-state index contributed by atoms with van der Waals surface area (Å²) in [5.41, 5.74) is 0.902. The molecule has 2 unspecified atom stereocenters. The van der Waals surface area contributed by atoms with Crippen molar-refractivity contribution in [3.8, 4) is 5.88 Å². The number of anilines is 1. The van der Waals surface area contributed by atoms with Crippen LogP contribution in [0.15, 0.2) is 6.07 Å². The minimum Gasteiger partial charge on any atom is -0.478 e. The van der Waals surface area contributed by atoms with Gasteiger partial charge < -0.3 is 14.5 Å². The SMILES string of the molecule is CCOc1cc(C)nc(N2CCN(C(=O)C3CC3C)CC2)n1. The Morgan fingerprint density at radius 1 is 1.32 bits per heavy atom. The van der Waals surface area contributed by atoms with Gasteiger partial charge in [0, 0.05) is 43.9 Å². The zero-order valence-corrected chi connectivity index (χ0v) is 13.6. The van der Waals surface area contributed by atoms with Gasteiger partial charge >= 0.3 is 0 Å². The maximum absolute atomic E-state index is 12.3. The summed E-state index contributed by atoms with van der Waals surface area (Å²) in [6.45, 7) is 9.70. The Hall–Kier alpha value is -1.85. The van der Waals surface area contributed by atoms with Gasteiger partial charge in [-0.25, -0.2) is 4.98 Å². The maximum atomic E-state index is 12.3. The summed E-state index contributed by atoms with van der Waals surface area (Å²) in [4.78, 5) is 25.4. The number of hydrogen-bond donors (Lipinski definition) is 0. The molecule has 3 rings (SSSR count). The molecule has 1 saturated heterocycles. The normalized spacial score (nSPS) is 24.3. The molecule has 1 aliphatic heterocycles. The number of nitrogens with zero attached hydrogens (tertiary/aromatic N) is 4. The molecular weight excluding hydrogens is 280 g/mol. The quantitative estimate of drug-likeness (QED) is 0.843. The number of aromatic nitrogens is 2. The molecule has 6 nitrogen and oxygen atoms in total. The Bertz CT molecular complexity index is 555. The second-order valence-corrected chi connectivity index (χ2v) is 6.21. The number of hydrogen-bond acceptors (Lipinski definition) is 5. The third-order valence-electron chi connectivity index (χ3n) is 4.41. The molecule has 0 radical (unpaired) electrons. The monoisotopic (exact) mass is 304 g/mol. The first-order valence-electron chi connectivity index (χ1n) is 8.10.